The number of amides is 1. The van der Waals surface area contributed by atoms with Crippen LogP contribution in [0.5, 0.6) is 5.75 Å². The maximum atomic E-state index is 12.1. The van der Waals surface area contributed by atoms with Crippen LogP contribution in [-0.2, 0) is 11.3 Å². The van der Waals surface area contributed by atoms with Gasteiger partial charge in [-0.15, -0.1) is 0 Å². The quantitative estimate of drug-likeness (QED) is 0.738. The minimum absolute atomic E-state index is 0.147. The summed E-state index contributed by atoms with van der Waals surface area (Å²) in [6, 6.07) is 10.9. The number of benzene rings is 1. The molecule has 0 radical (unpaired) electrons. The van der Waals surface area contributed by atoms with Crippen LogP contribution in [0.15, 0.2) is 36.5 Å². The van der Waals surface area contributed by atoms with Gasteiger partial charge >= 0.3 is 0 Å². The third-order valence-electron chi connectivity index (χ3n) is 6.68. The van der Waals surface area contributed by atoms with Gasteiger partial charge in [-0.1, -0.05) is 12.1 Å². The minimum Gasteiger partial charge on any atom is -0.490 e. The summed E-state index contributed by atoms with van der Waals surface area (Å²) in [7, 11) is 0. The molecule has 0 unspecified atom stereocenters. The number of rotatable bonds is 7. The monoisotopic (exact) mass is 408 g/mol. The van der Waals surface area contributed by atoms with Crippen molar-refractivity contribution < 1.29 is 9.53 Å². The van der Waals surface area contributed by atoms with Crippen LogP contribution in [-0.4, -0.2) is 39.8 Å². The third-order valence-corrected chi connectivity index (χ3v) is 6.68. The number of aromatic nitrogens is 2. The highest BCUT2D eigenvalue weighted by Crippen LogP contribution is 2.32. The van der Waals surface area contributed by atoms with E-state index in [4.69, 9.17) is 4.74 Å². The van der Waals surface area contributed by atoms with Crippen LogP contribution in [0, 0.1) is 5.92 Å². The molecule has 2 aliphatic carbocycles. The average molecular weight is 409 g/mol. The maximum Gasteiger partial charge on any atom is 0.228 e. The summed E-state index contributed by atoms with van der Waals surface area (Å²) in [5.41, 5.74) is 1.32. The molecule has 6 heteroatoms. The van der Waals surface area contributed by atoms with Crippen molar-refractivity contribution in [1.82, 2.24) is 14.7 Å². The zero-order valence-electron chi connectivity index (χ0n) is 17.6. The third kappa shape index (κ3) is 4.69. The largest absolute Gasteiger partial charge is 0.490 e. The van der Waals surface area contributed by atoms with E-state index < -0.39 is 0 Å². The Kier molecular flexibility index (Phi) is 5.75. The average Bonchev–Trinajstić information content (AvgIpc) is 3.31. The summed E-state index contributed by atoms with van der Waals surface area (Å²) in [4.78, 5) is 14.6. The van der Waals surface area contributed by atoms with Crippen molar-refractivity contribution in [2.75, 3.05) is 18.4 Å². The number of likely N-dealkylation sites (tertiary alicyclic amines) is 1. The van der Waals surface area contributed by atoms with Crippen molar-refractivity contribution >= 4 is 11.7 Å². The lowest BCUT2D eigenvalue weighted by Gasteiger charge is -2.32. The SMILES string of the molecule is O=C(Nc1ccnn1C1CCN(Cc2cccc(OC3CCCC3)c2)CC1)C1CC1. The molecule has 160 valence electrons. The Morgan fingerprint density at radius 3 is 2.63 bits per heavy atom. The first kappa shape index (κ1) is 19.6. The lowest BCUT2D eigenvalue weighted by Crippen LogP contribution is -2.35. The van der Waals surface area contributed by atoms with Crippen molar-refractivity contribution in [3.63, 3.8) is 0 Å². The Labute approximate surface area is 178 Å². The second kappa shape index (κ2) is 8.80. The molecule has 1 aliphatic heterocycles. The Balaban J connectivity index is 1.14. The zero-order valence-corrected chi connectivity index (χ0v) is 17.6. The molecule has 0 atom stereocenters. The number of anilines is 1. The van der Waals surface area contributed by atoms with Crippen LogP contribution < -0.4 is 10.1 Å². The molecule has 5 rings (SSSR count). The summed E-state index contributed by atoms with van der Waals surface area (Å²) in [5.74, 6) is 2.22. The molecule has 2 heterocycles. The highest BCUT2D eigenvalue weighted by Gasteiger charge is 2.31. The molecule has 0 spiro atoms. The van der Waals surface area contributed by atoms with Crippen LogP contribution >= 0.6 is 0 Å². The molecule has 3 fully saturated rings. The first-order valence-electron chi connectivity index (χ1n) is 11.6. The van der Waals surface area contributed by atoms with Crippen molar-refractivity contribution in [2.24, 2.45) is 5.92 Å². The number of nitrogens with one attached hydrogen (secondary N) is 1. The smallest absolute Gasteiger partial charge is 0.228 e. The molecule has 1 aromatic heterocycles. The van der Waals surface area contributed by atoms with Crippen molar-refractivity contribution in [1.29, 1.82) is 0 Å². The van der Waals surface area contributed by atoms with Crippen molar-refractivity contribution in [3.8, 4) is 5.75 Å². The van der Waals surface area contributed by atoms with Crippen LogP contribution in [0.4, 0.5) is 5.82 Å². The van der Waals surface area contributed by atoms with Gasteiger partial charge in [0.15, 0.2) is 0 Å². The lowest BCUT2D eigenvalue weighted by molar-refractivity contribution is -0.117. The predicted octanol–water partition coefficient (Wildman–Crippen LogP) is 4.39. The molecule has 1 N–H and O–H groups in total. The zero-order chi connectivity index (χ0) is 20.3. The van der Waals surface area contributed by atoms with E-state index in [1.165, 1.54) is 31.2 Å². The van der Waals surface area contributed by atoms with E-state index in [0.29, 0.717) is 12.1 Å². The van der Waals surface area contributed by atoms with Gasteiger partial charge in [0.25, 0.3) is 0 Å². The summed E-state index contributed by atoms with van der Waals surface area (Å²) in [6.07, 6.45) is 11.3. The molecule has 1 aromatic carbocycles. The molecule has 1 amide bonds. The van der Waals surface area contributed by atoms with Gasteiger partial charge in [0.2, 0.25) is 5.91 Å². The molecule has 1 saturated heterocycles. The van der Waals surface area contributed by atoms with Gasteiger partial charge in [0.1, 0.15) is 11.6 Å². The standard InChI is InChI=1S/C24H32N4O2/c29-24(19-8-9-19)26-23-10-13-25-28(23)20-11-14-27(15-12-20)17-18-4-3-7-22(16-18)30-21-5-1-2-6-21/h3-4,7,10,13,16,19-21H,1-2,5-6,8-9,11-12,14-15,17H2,(H,26,29). The Morgan fingerprint density at radius 1 is 1.07 bits per heavy atom. The fraction of sp³-hybridized carbons (Fsp3) is 0.583. The molecule has 3 aliphatic rings. The predicted molar refractivity (Wildman–Crippen MR) is 116 cm³/mol. The number of piperidine rings is 1. The molecular formula is C24H32N4O2. The first-order chi connectivity index (χ1) is 14.7. The molecule has 2 aromatic rings. The Hall–Kier alpha value is -2.34. The maximum absolute atomic E-state index is 12.1. The van der Waals surface area contributed by atoms with Gasteiger partial charge < -0.3 is 10.1 Å². The van der Waals surface area contributed by atoms with E-state index in [1.807, 2.05) is 10.7 Å². The highest BCUT2D eigenvalue weighted by atomic mass is 16.5. The van der Waals surface area contributed by atoms with E-state index >= 15 is 0 Å². The van der Waals surface area contributed by atoms with Crippen molar-refractivity contribution in [3.05, 3.63) is 42.1 Å². The molecule has 0 bridgehead atoms. The van der Waals surface area contributed by atoms with E-state index in [0.717, 1.165) is 56.9 Å². The normalized spacial score (nSPS) is 21.1. The van der Waals surface area contributed by atoms with E-state index in [1.54, 1.807) is 6.20 Å². The molecule has 6 nitrogen and oxygen atoms in total. The van der Waals surface area contributed by atoms with Crippen LogP contribution in [0.3, 0.4) is 0 Å². The van der Waals surface area contributed by atoms with E-state index in [-0.39, 0.29) is 11.8 Å². The van der Waals surface area contributed by atoms with Crippen LogP contribution in [0.2, 0.25) is 0 Å². The van der Waals surface area contributed by atoms with E-state index in [9.17, 15) is 4.79 Å². The molecule has 2 saturated carbocycles. The van der Waals surface area contributed by atoms with Gasteiger partial charge in [-0.2, -0.15) is 5.10 Å². The minimum atomic E-state index is 0.147. The number of carbonyl (C=O) groups is 1. The number of hydrogen-bond acceptors (Lipinski definition) is 4. The van der Waals surface area contributed by atoms with Gasteiger partial charge in [-0.25, -0.2) is 4.68 Å². The summed E-state index contributed by atoms with van der Waals surface area (Å²) >= 11 is 0. The fourth-order valence-corrected chi connectivity index (χ4v) is 4.77. The van der Waals surface area contributed by atoms with Crippen molar-refractivity contribution in [2.45, 2.75) is 70.1 Å². The number of hydrogen-bond donors (Lipinski definition) is 1. The van der Waals surface area contributed by atoms with Gasteiger partial charge in [0.05, 0.1) is 18.3 Å². The fourth-order valence-electron chi connectivity index (χ4n) is 4.77. The van der Waals surface area contributed by atoms with Gasteiger partial charge in [-0.3, -0.25) is 9.69 Å². The molecule has 30 heavy (non-hydrogen) atoms. The summed E-state index contributed by atoms with van der Waals surface area (Å²) in [5, 5.41) is 7.58. The van der Waals surface area contributed by atoms with Crippen LogP contribution in [0.1, 0.15) is 63.0 Å². The van der Waals surface area contributed by atoms with Crippen LogP contribution in [0.25, 0.3) is 0 Å². The van der Waals surface area contributed by atoms with Gasteiger partial charge in [-0.05, 0) is 69.1 Å². The highest BCUT2D eigenvalue weighted by molar-refractivity contribution is 5.93. The summed E-state index contributed by atoms with van der Waals surface area (Å²) in [6.45, 7) is 3.03. The number of ether oxygens (including phenoxy) is 1. The lowest BCUT2D eigenvalue weighted by atomic mass is 10.0. The Morgan fingerprint density at radius 2 is 1.87 bits per heavy atom. The first-order valence-corrected chi connectivity index (χ1v) is 11.6. The second-order valence-electron chi connectivity index (χ2n) is 9.10. The number of nitrogens with zero attached hydrogens (tertiary/aromatic N) is 3. The number of carbonyl (C=O) groups excluding carboxylic acids is 1. The molecular weight excluding hydrogens is 376 g/mol. The summed E-state index contributed by atoms with van der Waals surface area (Å²) < 4.78 is 8.19. The second-order valence-corrected chi connectivity index (χ2v) is 9.10. The van der Waals surface area contributed by atoms with Gasteiger partial charge in [0, 0.05) is 31.6 Å². The van der Waals surface area contributed by atoms with E-state index in [2.05, 4.69) is 39.6 Å². The Bertz CT molecular complexity index is 862. The topological polar surface area (TPSA) is 59.4 Å².